The van der Waals surface area contributed by atoms with Crippen molar-refractivity contribution in [2.75, 3.05) is 6.26 Å². The van der Waals surface area contributed by atoms with Crippen molar-refractivity contribution in [3.05, 3.63) is 30.2 Å². The molecule has 19 heavy (non-hydrogen) atoms. The van der Waals surface area contributed by atoms with Crippen molar-refractivity contribution in [2.24, 2.45) is 0 Å². The number of benzene rings is 1. The maximum atomic E-state index is 11.5. The van der Waals surface area contributed by atoms with Crippen molar-refractivity contribution in [3.8, 4) is 11.4 Å². The van der Waals surface area contributed by atoms with Crippen molar-refractivity contribution >= 4 is 17.5 Å². The van der Waals surface area contributed by atoms with Gasteiger partial charge in [-0.25, -0.2) is 0 Å². The van der Waals surface area contributed by atoms with Crippen LogP contribution in [0.25, 0.3) is 11.4 Å². The number of hydrogen-bond acceptors (Lipinski definition) is 5. The van der Waals surface area contributed by atoms with Crippen molar-refractivity contribution < 1.29 is 9.32 Å². The van der Waals surface area contributed by atoms with Gasteiger partial charge in [-0.15, -0.1) is 11.8 Å². The topological polar surface area (TPSA) is 56.0 Å². The SMILES string of the molecule is CCCC(=O)Cc1nc(-c2ccc(SC)cc2)no1. The van der Waals surface area contributed by atoms with E-state index >= 15 is 0 Å². The number of rotatable bonds is 6. The van der Waals surface area contributed by atoms with E-state index in [1.54, 1.807) is 11.8 Å². The number of carbonyl (C=O) groups excluding carboxylic acids is 1. The molecular weight excluding hydrogens is 260 g/mol. The van der Waals surface area contributed by atoms with Gasteiger partial charge in [0.2, 0.25) is 11.7 Å². The third-order valence-electron chi connectivity index (χ3n) is 2.69. The molecule has 0 unspecified atom stereocenters. The highest BCUT2D eigenvalue weighted by Crippen LogP contribution is 2.21. The molecule has 0 N–H and O–H groups in total. The molecule has 0 atom stereocenters. The Morgan fingerprint density at radius 3 is 2.68 bits per heavy atom. The summed E-state index contributed by atoms with van der Waals surface area (Å²) in [6, 6.07) is 7.93. The molecule has 1 heterocycles. The molecule has 0 amide bonds. The zero-order valence-electron chi connectivity index (χ0n) is 11.0. The van der Waals surface area contributed by atoms with Gasteiger partial charge in [-0.3, -0.25) is 4.79 Å². The van der Waals surface area contributed by atoms with Crippen molar-refractivity contribution in [3.63, 3.8) is 0 Å². The molecule has 4 nitrogen and oxygen atoms in total. The van der Waals surface area contributed by atoms with E-state index in [9.17, 15) is 4.79 Å². The fourth-order valence-corrected chi connectivity index (χ4v) is 2.13. The van der Waals surface area contributed by atoms with Gasteiger partial charge in [-0.1, -0.05) is 12.1 Å². The predicted octanol–water partition coefficient (Wildman–Crippen LogP) is 3.37. The Kier molecular flexibility index (Phi) is 4.74. The minimum absolute atomic E-state index is 0.135. The van der Waals surface area contributed by atoms with Crippen LogP contribution in [0.4, 0.5) is 0 Å². The zero-order chi connectivity index (χ0) is 13.7. The number of carbonyl (C=O) groups is 1. The number of hydrogen-bond donors (Lipinski definition) is 0. The standard InChI is InChI=1S/C14H16N2O2S/c1-3-4-11(17)9-13-15-14(16-18-13)10-5-7-12(19-2)8-6-10/h5-8H,3-4,9H2,1-2H3. The molecule has 0 bridgehead atoms. The van der Waals surface area contributed by atoms with E-state index in [-0.39, 0.29) is 12.2 Å². The van der Waals surface area contributed by atoms with Gasteiger partial charge >= 0.3 is 0 Å². The molecule has 0 radical (unpaired) electrons. The average molecular weight is 276 g/mol. The highest BCUT2D eigenvalue weighted by atomic mass is 32.2. The van der Waals surface area contributed by atoms with Crippen LogP contribution in [0.15, 0.2) is 33.7 Å². The van der Waals surface area contributed by atoms with Gasteiger partial charge in [0, 0.05) is 16.9 Å². The minimum Gasteiger partial charge on any atom is -0.339 e. The van der Waals surface area contributed by atoms with E-state index in [1.165, 1.54) is 4.90 Å². The van der Waals surface area contributed by atoms with Gasteiger partial charge < -0.3 is 4.52 Å². The summed E-state index contributed by atoms with van der Waals surface area (Å²) in [5.41, 5.74) is 0.899. The number of aromatic nitrogens is 2. The molecule has 0 spiro atoms. The van der Waals surface area contributed by atoms with Gasteiger partial charge in [0.05, 0.1) is 6.42 Å². The Hall–Kier alpha value is -1.62. The molecule has 1 aromatic heterocycles. The molecule has 0 fully saturated rings. The monoisotopic (exact) mass is 276 g/mol. The number of ketones is 1. The minimum atomic E-state index is 0.135. The van der Waals surface area contributed by atoms with Gasteiger partial charge in [-0.05, 0) is 36.9 Å². The van der Waals surface area contributed by atoms with Crippen LogP contribution in [0.2, 0.25) is 0 Å². The molecular formula is C14H16N2O2S. The number of Topliss-reactive ketones (excluding diaryl/α,β-unsaturated/α-hetero) is 1. The molecule has 2 aromatic rings. The van der Waals surface area contributed by atoms with Crippen LogP contribution in [0, 0.1) is 0 Å². The van der Waals surface area contributed by atoms with Gasteiger partial charge in [0.1, 0.15) is 5.78 Å². The third-order valence-corrected chi connectivity index (χ3v) is 3.44. The third kappa shape index (κ3) is 3.67. The highest BCUT2D eigenvalue weighted by Gasteiger charge is 2.11. The number of thioether (sulfide) groups is 1. The first-order valence-electron chi connectivity index (χ1n) is 6.21. The lowest BCUT2D eigenvalue weighted by atomic mass is 10.2. The van der Waals surface area contributed by atoms with Crippen LogP contribution < -0.4 is 0 Å². The van der Waals surface area contributed by atoms with Crippen molar-refractivity contribution in [1.29, 1.82) is 0 Å². The summed E-state index contributed by atoms with van der Waals surface area (Å²) in [6.07, 6.45) is 3.65. The first-order chi connectivity index (χ1) is 9.22. The Morgan fingerprint density at radius 1 is 1.32 bits per heavy atom. The zero-order valence-corrected chi connectivity index (χ0v) is 11.9. The van der Waals surface area contributed by atoms with Crippen LogP contribution in [0.5, 0.6) is 0 Å². The van der Waals surface area contributed by atoms with Crippen LogP contribution in [0.3, 0.4) is 0 Å². The lowest BCUT2D eigenvalue weighted by molar-refractivity contribution is -0.118. The molecule has 0 aliphatic carbocycles. The fraction of sp³-hybridized carbons (Fsp3) is 0.357. The van der Waals surface area contributed by atoms with E-state index in [2.05, 4.69) is 10.1 Å². The maximum Gasteiger partial charge on any atom is 0.234 e. The first kappa shape index (κ1) is 13.8. The average Bonchev–Trinajstić information content (AvgIpc) is 2.87. The summed E-state index contributed by atoms with van der Waals surface area (Å²) < 4.78 is 5.11. The summed E-state index contributed by atoms with van der Waals surface area (Å²) in [5.74, 6) is 1.06. The summed E-state index contributed by atoms with van der Waals surface area (Å²) in [4.78, 5) is 16.9. The molecule has 100 valence electrons. The van der Waals surface area contributed by atoms with E-state index < -0.39 is 0 Å². The second-order valence-corrected chi connectivity index (χ2v) is 5.09. The van der Waals surface area contributed by atoms with Crippen LogP contribution >= 0.6 is 11.8 Å². The quantitative estimate of drug-likeness (QED) is 0.757. The molecule has 0 aliphatic heterocycles. The van der Waals surface area contributed by atoms with Crippen molar-refractivity contribution in [2.45, 2.75) is 31.1 Å². The largest absolute Gasteiger partial charge is 0.339 e. The summed E-state index contributed by atoms with van der Waals surface area (Å²) in [6.45, 7) is 1.98. The van der Waals surface area contributed by atoms with E-state index in [4.69, 9.17) is 4.52 Å². The van der Waals surface area contributed by atoms with Crippen LogP contribution in [-0.2, 0) is 11.2 Å². The number of nitrogens with zero attached hydrogens (tertiary/aromatic N) is 2. The Labute approximate surface area is 116 Å². The van der Waals surface area contributed by atoms with Gasteiger partial charge in [-0.2, -0.15) is 4.98 Å². The maximum absolute atomic E-state index is 11.5. The smallest absolute Gasteiger partial charge is 0.234 e. The van der Waals surface area contributed by atoms with Crippen LogP contribution in [0.1, 0.15) is 25.7 Å². The van der Waals surface area contributed by atoms with E-state index in [1.807, 2.05) is 37.4 Å². The normalized spacial score (nSPS) is 10.6. The first-order valence-corrected chi connectivity index (χ1v) is 7.44. The predicted molar refractivity (Wildman–Crippen MR) is 75.1 cm³/mol. The second-order valence-electron chi connectivity index (χ2n) is 4.21. The van der Waals surface area contributed by atoms with Gasteiger partial charge in [0.25, 0.3) is 0 Å². The Balaban J connectivity index is 2.09. The van der Waals surface area contributed by atoms with E-state index in [0.29, 0.717) is 18.1 Å². The second kappa shape index (κ2) is 6.52. The van der Waals surface area contributed by atoms with Gasteiger partial charge in [0.15, 0.2) is 0 Å². The van der Waals surface area contributed by atoms with Crippen LogP contribution in [-0.4, -0.2) is 22.2 Å². The molecule has 0 saturated carbocycles. The summed E-state index contributed by atoms with van der Waals surface area (Å²) in [5, 5.41) is 3.91. The molecule has 2 rings (SSSR count). The molecule has 1 aromatic carbocycles. The lowest BCUT2D eigenvalue weighted by Gasteiger charge is -1.96. The molecule has 0 saturated heterocycles. The highest BCUT2D eigenvalue weighted by molar-refractivity contribution is 7.98. The fourth-order valence-electron chi connectivity index (χ4n) is 1.72. The molecule has 5 heteroatoms. The summed E-state index contributed by atoms with van der Waals surface area (Å²) in [7, 11) is 0. The molecule has 0 aliphatic rings. The summed E-state index contributed by atoms with van der Waals surface area (Å²) >= 11 is 1.68. The van der Waals surface area contributed by atoms with E-state index in [0.717, 1.165) is 12.0 Å². The Bertz CT molecular complexity index is 549. The lowest BCUT2D eigenvalue weighted by Crippen LogP contribution is -2.01. The Morgan fingerprint density at radius 2 is 2.05 bits per heavy atom. The van der Waals surface area contributed by atoms with Crippen molar-refractivity contribution in [1.82, 2.24) is 10.1 Å².